The Kier molecular flexibility index (Phi) is 5.98. The summed E-state index contributed by atoms with van der Waals surface area (Å²) in [5.41, 5.74) is 2.68. The molecule has 0 N–H and O–H groups in total. The highest BCUT2D eigenvalue weighted by atomic mass is 32.2. The summed E-state index contributed by atoms with van der Waals surface area (Å²) < 4.78 is 0. The van der Waals surface area contributed by atoms with Gasteiger partial charge in [-0.15, -0.1) is 11.8 Å². The number of rotatable bonds is 1. The van der Waals surface area contributed by atoms with Crippen LogP contribution in [0.25, 0.3) is 0 Å². The van der Waals surface area contributed by atoms with Crippen LogP contribution in [-0.2, 0) is 0 Å². The maximum atomic E-state index is 8.82. The average Bonchev–Trinajstić information content (AvgIpc) is 2.19. The molecule has 0 radical (unpaired) electrons. The first-order chi connectivity index (χ1) is 6.69. The van der Waals surface area contributed by atoms with Gasteiger partial charge in [-0.25, -0.2) is 4.98 Å². The number of hydrogen-bond donors (Lipinski definition) is 0. The lowest BCUT2D eigenvalue weighted by atomic mass is 10.1. The Labute approximate surface area is 90.4 Å². The van der Waals surface area contributed by atoms with Gasteiger partial charge in [0.25, 0.3) is 0 Å². The minimum absolute atomic E-state index is 0.702. The molecule has 0 fully saturated rings. The van der Waals surface area contributed by atoms with E-state index in [1.165, 1.54) is 11.8 Å². The molecule has 1 heterocycles. The van der Waals surface area contributed by atoms with E-state index in [4.69, 9.17) is 5.26 Å². The normalized spacial score (nSPS) is 8.57. The van der Waals surface area contributed by atoms with Crippen LogP contribution >= 0.6 is 11.8 Å². The molecule has 0 aliphatic rings. The lowest BCUT2D eigenvalue weighted by molar-refractivity contribution is 1.03. The summed E-state index contributed by atoms with van der Waals surface area (Å²) in [6.45, 7) is 7.88. The lowest BCUT2D eigenvalue weighted by Crippen LogP contribution is -1.93. The van der Waals surface area contributed by atoms with Gasteiger partial charge >= 0.3 is 0 Å². The summed E-state index contributed by atoms with van der Waals surface area (Å²) in [5.74, 6) is 0. The van der Waals surface area contributed by atoms with Crippen molar-refractivity contribution < 1.29 is 0 Å². The Bertz CT molecular complexity index is 340. The third-order valence-corrected chi connectivity index (χ3v) is 2.30. The highest BCUT2D eigenvalue weighted by Crippen LogP contribution is 2.20. The third-order valence-electron chi connectivity index (χ3n) is 1.62. The van der Waals surface area contributed by atoms with E-state index in [9.17, 15) is 0 Å². The van der Waals surface area contributed by atoms with Gasteiger partial charge in [-0.1, -0.05) is 13.8 Å². The quantitative estimate of drug-likeness (QED) is 0.664. The molecule has 0 atom stereocenters. The van der Waals surface area contributed by atoms with E-state index in [2.05, 4.69) is 11.1 Å². The zero-order chi connectivity index (χ0) is 11.1. The molecule has 1 aromatic heterocycles. The Hall–Kier alpha value is -1.01. The van der Waals surface area contributed by atoms with Gasteiger partial charge in [0.2, 0.25) is 0 Å². The number of nitriles is 1. The summed E-state index contributed by atoms with van der Waals surface area (Å²) in [4.78, 5) is 4.26. The van der Waals surface area contributed by atoms with Gasteiger partial charge in [0.15, 0.2) is 0 Å². The van der Waals surface area contributed by atoms with Crippen LogP contribution in [0.4, 0.5) is 0 Å². The lowest BCUT2D eigenvalue weighted by Gasteiger charge is -2.03. The molecule has 1 rings (SSSR count). The van der Waals surface area contributed by atoms with Gasteiger partial charge in [0.1, 0.15) is 11.1 Å². The Morgan fingerprint density at radius 3 is 2.36 bits per heavy atom. The fourth-order valence-corrected chi connectivity index (χ4v) is 1.73. The predicted octanol–water partition coefficient (Wildman–Crippen LogP) is 3.32. The van der Waals surface area contributed by atoms with Crippen molar-refractivity contribution in [2.75, 3.05) is 6.26 Å². The van der Waals surface area contributed by atoms with Crippen LogP contribution in [0.3, 0.4) is 0 Å². The van der Waals surface area contributed by atoms with Gasteiger partial charge in [-0.2, -0.15) is 5.26 Å². The molecule has 3 heteroatoms. The summed E-state index contributed by atoms with van der Waals surface area (Å²) in [6.07, 6.45) is 1.93. The maximum absolute atomic E-state index is 8.82. The van der Waals surface area contributed by atoms with Gasteiger partial charge in [-0.3, -0.25) is 0 Å². The van der Waals surface area contributed by atoms with Crippen LogP contribution in [0.5, 0.6) is 0 Å². The van der Waals surface area contributed by atoms with E-state index in [-0.39, 0.29) is 0 Å². The Morgan fingerprint density at radius 1 is 1.36 bits per heavy atom. The molecular weight excluding hydrogens is 192 g/mol. The Morgan fingerprint density at radius 2 is 1.93 bits per heavy atom. The number of hydrogen-bond acceptors (Lipinski definition) is 3. The number of thioether (sulfide) groups is 1. The van der Waals surface area contributed by atoms with Crippen molar-refractivity contribution >= 4 is 11.8 Å². The van der Waals surface area contributed by atoms with Crippen LogP contribution in [0.15, 0.2) is 11.1 Å². The molecule has 0 amide bonds. The van der Waals surface area contributed by atoms with E-state index < -0.39 is 0 Å². The molecular formula is C11H16N2S. The van der Waals surface area contributed by atoms with E-state index >= 15 is 0 Å². The molecule has 0 saturated heterocycles. The molecule has 0 bridgehead atoms. The minimum Gasteiger partial charge on any atom is -0.245 e. The van der Waals surface area contributed by atoms with Crippen molar-refractivity contribution in [3.05, 3.63) is 22.9 Å². The Balaban J connectivity index is 0.000000791. The zero-order valence-electron chi connectivity index (χ0n) is 9.38. The molecule has 0 aliphatic carbocycles. The van der Waals surface area contributed by atoms with Gasteiger partial charge < -0.3 is 0 Å². The highest BCUT2D eigenvalue weighted by molar-refractivity contribution is 7.98. The topological polar surface area (TPSA) is 36.7 Å². The van der Waals surface area contributed by atoms with Crippen molar-refractivity contribution in [3.63, 3.8) is 0 Å². The molecule has 0 aromatic carbocycles. The smallest absolute Gasteiger partial charge is 0.114 e. The fraction of sp³-hybridized carbons (Fsp3) is 0.455. The summed E-state index contributed by atoms with van der Waals surface area (Å²) in [7, 11) is 0. The molecule has 2 nitrogen and oxygen atoms in total. The van der Waals surface area contributed by atoms with Crippen LogP contribution in [0.1, 0.15) is 30.7 Å². The number of pyridine rings is 1. The van der Waals surface area contributed by atoms with E-state index in [1.54, 1.807) is 0 Å². The number of nitrogens with zero attached hydrogens (tertiary/aromatic N) is 2. The second kappa shape index (κ2) is 6.44. The first-order valence-electron chi connectivity index (χ1n) is 4.61. The van der Waals surface area contributed by atoms with Crippen LogP contribution < -0.4 is 0 Å². The molecule has 14 heavy (non-hydrogen) atoms. The SMILES string of the molecule is CC.CSc1nc(C)cc(C)c1C#N. The monoisotopic (exact) mass is 208 g/mol. The molecule has 76 valence electrons. The first kappa shape index (κ1) is 13.0. The van der Waals surface area contributed by atoms with Gasteiger partial charge in [-0.05, 0) is 31.7 Å². The molecule has 0 spiro atoms. The number of aryl methyl sites for hydroxylation is 2. The minimum atomic E-state index is 0.702. The molecule has 0 saturated carbocycles. The largest absolute Gasteiger partial charge is 0.245 e. The average molecular weight is 208 g/mol. The van der Waals surface area contributed by atoms with E-state index in [0.29, 0.717) is 5.56 Å². The van der Waals surface area contributed by atoms with Crippen molar-refractivity contribution in [1.82, 2.24) is 4.98 Å². The second-order valence-electron chi connectivity index (χ2n) is 2.58. The van der Waals surface area contributed by atoms with Crippen molar-refractivity contribution in [2.45, 2.75) is 32.7 Å². The standard InChI is InChI=1S/C9H10N2S.C2H6/c1-6-4-7(2)11-9(12-3)8(6)5-10;1-2/h4H,1-3H3;1-2H3. The summed E-state index contributed by atoms with van der Waals surface area (Å²) in [6, 6.07) is 4.09. The van der Waals surface area contributed by atoms with E-state index in [1.807, 2.05) is 40.0 Å². The van der Waals surface area contributed by atoms with Gasteiger partial charge in [0.05, 0.1) is 5.56 Å². The second-order valence-corrected chi connectivity index (χ2v) is 3.37. The van der Waals surface area contributed by atoms with E-state index in [0.717, 1.165) is 16.3 Å². The molecule has 0 aliphatic heterocycles. The molecule has 0 unspecified atom stereocenters. The van der Waals surface area contributed by atoms with Crippen molar-refractivity contribution in [1.29, 1.82) is 5.26 Å². The van der Waals surface area contributed by atoms with Crippen molar-refractivity contribution in [3.8, 4) is 6.07 Å². The zero-order valence-corrected chi connectivity index (χ0v) is 10.2. The molecule has 1 aromatic rings. The van der Waals surface area contributed by atoms with Crippen LogP contribution in [-0.4, -0.2) is 11.2 Å². The van der Waals surface area contributed by atoms with Crippen LogP contribution in [0, 0.1) is 25.2 Å². The summed E-state index contributed by atoms with van der Waals surface area (Å²) >= 11 is 1.51. The van der Waals surface area contributed by atoms with Crippen molar-refractivity contribution in [2.24, 2.45) is 0 Å². The third kappa shape index (κ3) is 3.04. The fourth-order valence-electron chi connectivity index (χ4n) is 1.09. The first-order valence-corrected chi connectivity index (χ1v) is 5.84. The predicted molar refractivity (Wildman–Crippen MR) is 61.6 cm³/mol. The van der Waals surface area contributed by atoms with Gasteiger partial charge in [0, 0.05) is 5.69 Å². The highest BCUT2D eigenvalue weighted by Gasteiger charge is 2.06. The maximum Gasteiger partial charge on any atom is 0.114 e. The van der Waals surface area contributed by atoms with Crippen LogP contribution in [0.2, 0.25) is 0 Å². The summed E-state index contributed by atoms with van der Waals surface area (Å²) in [5, 5.41) is 9.65. The number of aromatic nitrogens is 1.